The third kappa shape index (κ3) is 2.22. The molecule has 0 saturated heterocycles. The fourth-order valence-corrected chi connectivity index (χ4v) is 1.62. The van der Waals surface area contributed by atoms with Gasteiger partial charge in [-0.25, -0.2) is 15.0 Å². The fourth-order valence-electron chi connectivity index (χ4n) is 1.62. The zero-order valence-corrected chi connectivity index (χ0v) is 9.61. The Morgan fingerprint density at radius 3 is 2.89 bits per heavy atom. The van der Waals surface area contributed by atoms with Gasteiger partial charge in [-0.15, -0.1) is 0 Å². The molecule has 0 aromatic carbocycles. The van der Waals surface area contributed by atoms with Crippen LogP contribution in [0.25, 0.3) is 5.82 Å². The smallest absolute Gasteiger partial charge is 0.137 e. The molecule has 3 aromatic rings. The lowest BCUT2D eigenvalue weighted by Gasteiger charge is -2.05. The Morgan fingerprint density at radius 1 is 1.22 bits per heavy atom. The van der Waals surface area contributed by atoms with Crippen LogP contribution in [0.5, 0.6) is 0 Å². The molecule has 6 heteroatoms. The topological polar surface area (TPSA) is 71.4 Å². The van der Waals surface area contributed by atoms with Crippen LogP contribution in [0.3, 0.4) is 0 Å². The highest BCUT2D eigenvalue weighted by molar-refractivity contribution is 5.43. The van der Waals surface area contributed by atoms with Crippen LogP contribution in [0.15, 0.2) is 49.4 Å². The van der Waals surface area contributed by atoms with E-state index in [9.17, 15) is 0 Å². The molecule has 2 N–H and O–H groups in total. The fraction of sp³-hybridized carbons (Fsp3) is 0.0833. The molecule has 0 atom stereocenters. The minimum atomic E-state index is 0.652. The van der Waals surface area contributed by atoms with Gasteiger partial charge in [0.05, 0.1) is 18.4 Å². The van der Waals surface area contributed by atoms with Crippen molar-refractivity contribution in [3.05, 3.63) is 55.3 Å². The SMILES string of the molecule is c1cn(-c2ccc(NCc3ncc[nH]3)cn2)cn1. The highest BCUT2D eigenvalue weighted by atomic mass is 15.1. The standard InChI is InChI=1S/C12H12N6/c1-2-12(18-6-5-13-9-18)17-7-10(1)16-8-11-14-3-4-15-11/h1-7,9,16H,8H2,(H,14,15). The van der Waals surface area contributed by atoms with E-state index in [-0.39, 0.29) is 0 Å². The zero-order chi connectivity index (χ0) is 12.2. The number of hydrogen-bond donors (Lipinski definition) is 2. The van der Waals surface area contributed by atoms with Gasteiger partial charge in [0.15, 0.2) is 0 Å². The number of nitrogens with zero attached hydrogens (tertiary/aromatic N) is 4. The Morgan fingerprint density at radius 2 is 2.22 bits per heavy atom. The zero-order valence-electron chi connectivity index (χ0n) is 9.61. The molecule has 0 aliphatic heterocycles. The van der Waals surface area contributed by atoms with Gasteiger partial charge in [0.25, 0.3) is 0 Å². The van der Waals surface area contributed by atoms with Gasteiger partial charge in [0, 0.05) is 24.8 Å². The highest BCUT2D eigenvalue weighted by Gasteiger charge is 1.98. The first kappa shape index (κ1) is 10.5. The summed E-state index contributed by atoms with van der Waals surface area (Å²) >= 11 is 0. The monoisotopic (exact) mass is 240 g/mol. The molecule has 6 nitrogen and oxygen atoms in total. The number of aromatic amines is 1. The lowest BCUT2D eigenvalue weighted by atomic mass is 10.4. The summed E-state index contributed by atoms with van der Waals surface area (Å²) in [5.41, 5.74) is 0.954. The molecular weight excluding hydrogens is 228 g/mol. The maximum atomic E-state index is 4.35. The van der Waals surface area contributed by atoms with Crippen molar-refractivity contribution in [3.8, 4) is 5.82 Å². The third-order valence-corrected chi connectivity index (χ3v) is 2.53. The minimum Gasteiger partial charge on any atom is -0.377 e. The van der Waals surface area contributed by atoms with E-state index >= 15 is 0 Å². The molecule has 0 unspecified atom stereocenters. The molecule has 18 heavy (non-hydrogen) atoms. The average Bonchev–Trinajstić information content (AvgIpc) is 3.10. The molecule has 0 saturated carbocycles. The highest BCUT2D eigenvalue weighted by Crippen LogP contribution is 2.10. The number of anilines is 1. The maximum absolute atomic E-state index is 4.35. The van der Waals surface area contributed by atoms with Crippen LogP contribution in [0.4, 0.5) is 5.69 Å². The first-order valence-electron chi connectivity index (χ1n) is 5.58. The third-order valence-electron chi connectivity index (χ3n) is 2.53. The summed E-state index contributed by atoms with van der Waals surface area (Å²) in [5.74, 6) is 1.74. The normalized spacial score (nSPS) is 10.4. The van der Waals surface area contributed by atoms with Crippen molar-refractivity contribution in [1.29, 1.82) is 0 Å². The van der Waals surface area contributed by atoms with Crippen molar-refractivity contribution in [2.24, 2.45) is 0 Å². The van der Waals surface area contributed by atoms with Gasteiger partial charge in [0.2, 0.25) is 0 Å². The van der Waals surface area contributed by atoms with E-state index in [2.05, 4.69) is 25.3 Å². The molecule has 0 aliphatic carbocycles. The van der Waals surface area contributed by atoms with E-state index in [1.54, 1.807) is 31.1 Å². The van der Waals surface area contributed by atoms with Crippen molar-refractivity contribution >= 4 is 5.69 Å². The van der Waals surface area contributed by atoms with Crippen molar-refractivity contribution < 1.29 is 0 Å². The molecule has 0 spiro atoms. The van der Waals surface area contributed by atoms with Gasteiger partial charge in [-0.1, -0.05) is 0 Å². The number of pyridine rings is 1. The predicted molar refractivity (Wildman–Crippen MR) is 67.3 cm³/mol. The van der Waals surface area contributed by atoms with Crippen LogP contribution in [0, 0.1) is 0 Å². The summed E-state index contributed by atoms with van der Waals surface area (Å²) in [7, 11) is 0. The van der Waals surface area contributed by atoms with Gasteiger partial charge in [-0.2, -0.15) is 0 Å². The predicted octanol–water partition coefficient (Wildman–Crippen LogP) is 1.60. The van der Waals surface area contributed by atoms with Crippen LogP contribution in [0.2, 0.25) is 0 Å². The quantitative estimate of drug-likeness (QED) is 0.726. The Labute approximate surface area is 104 Å². The van der Waals surface area contributed by atoms with Gasteiger partial charge in [0.1, 0.15) is 18.0 Å². The number of aromatic nitrogens is 5. The number of nitrogens with one attached hydrogen (secondary N) is 2. The Kier molecular flexibility index (Phi) is 2.75. The second kappa shape index (κ2) is 4.70. The van der Waals surface area contributed by atoms with Crippen LogP contribution >= 0.6 is 0 Å². The molecule has 0 radical (unpaired) electrons. The second-order valence-corrected chi connectivity index (χ2v) is 3.76. The Hall–Kier alpha value is -2.63. The molecule has 0 amide bonds. The summed E-state index contributed by atoms with van der Waals surface area (Å²) in [6.07, 6.45) is 10.6. The van der Waals surface area contributed by atoms with Gasteiger partial charge >= 0.3 is 0 Å². The van der Waals surface area contributed by atoms with E-state index in [4.69, 9.17) is 0 Å². The summed E-state index contributed by atoms with van der Waals surface area (Å²) in [6.45, 7) is 0.652. The second-order valence-electron chi connectivity index (χ2n) is 3.76. The Balaban J connectivity index is 1.68. The van der Waals surface area contributed by atoms with Crippen molar-refractivity contribution in [2.45, 2.75) is 6.54 Å². The molecule has 90 valence electrons. The van der Waals surface area contributed by atoms with Crippen LogP contribution in [-0.2, 0) is 6.54 Å². The van der Waals surface area contributed by atoms with Crippen molar-refractivity contribution in [2.75, 3.05) is 5.32 Å². The van der Waals surface area contributed by atoms with E-state index in [1.807, 2.05) is 22.9 Å². The lowest BCUT2D eigenvalue weighted by Crippen LogP contribution is -2.02. The molecule has 3 rings (SSSR count). The van der Waals surface area contributed by atoms with Crippen LogP contribution < -0.4 is 5.32 Å². The van der Waals surface area contributed by atoms with Crippen LogP contribution in [-0.4, -0.2) is 24.5 Å². The number of rotatable bonds is 4. The summed E-state index contributed by atoms with van der Waals surface area (Å²) < 4.78 is 1.86. The van der Waals surface area contributed by atoms with Gasteiger partial charge < -0.3 is 10.3 Å². The average molecular weight is 240 g/mol. The van der Waals surface area contributed by atoms with E-state index in [0.717, 1.165) is 17.3 Å². The first-order chi connectivity index (χ1) is 8.92. The summed E-state index contributed by atoms with van der Waals surface area (Å²) in [4.78, 5) is 15.5. The maximum Gasteiger partial charge on any atom is 0.137 e. The summed E-state index contributed by atoms with van der Waals surface area (Å²) in [5, 5.41) is 3.24. The van der Waals surface area contributed by atoms with Crippen molar-refractivity contribution in [1.82, 2.24) is 24.5 Å². The molecular formula is C12H12N6. The Bertz CT molecular complexity index is 582. The molecule has 0 fully saturated rings. The molecule has 3 aromatic heterocycles. The number of hydrogen-bond acceptors (Lipinski definition) is 4. The number of imidazole rings is 2. The lowest BCUT2D eigenvalue weighted by molar-refractivity contribution is 0.977. The van der Waals surface area contributed by atoms with E-state index in [0.29, 0.717) is 6.54 Å². The minimum absolute atomic E-state index is 0.652. The number of H-pyrrole nitrogens is 1. The molecule has 0 aliphatic rings. The summed E-state index contributed by atoms with van der Waals surface area (Å²) in [6, 6.07) is 3.91. The van der Waals surface area contributed by atoms with Gasteiger partial charge in [-0.05, 0) is 12.1 Å². The van der Waals surface area contributed by atoms with E-state index < -0.39 is 0 Å². The van der Waals surface area contributed by atoms with E-state index in [1.165, 1.54) is 0 Å². The largest absolute Gasteiger partial charge is 0.377 e. The molecule has 3 heterocycles. The molecule has 0 bridgehead atoms. The van der Waals surface area contributed by atoms with Gasteiger partial charge in [-0.3, -0.25) is 4.57 Å². The van der Waals surface area contributed by atoms with Crippen LogP contribution in [0.1, 0.15) is 5.82 Å². The van der Waals surface area contributed by atoms with Crippen molar-refractivity contribution in [3.63, 3.8) is 0 Å². The first-order valence-corrected chi connectivity index (χ1v) is 5.58.